The minimum absolute atomic E-state index is 0.571. The topological polar surface area (TPSA) is 23.8 Å². The zero-order valence-electron chi connectivity index (χ0n) is 11.6. The molecule has 0 radical (unpaired) electrons. The first-order chi connectivity index (χ1) is 10.4. The first kappa shape index (κ1) is 13.6. The van der Waals surface area contributed by atoms with Crippen molar-refractivity contribution in [2.45, 2.75) is 12.8 Å². The Labute approximate surface area is 128 Å². The summed E-state index contributed by atoms with van der Waals surface area (Å²) in [4.78, 5) is 1.26. The fourth-order valence-corrected chi connectivity index (χ4v) is 3.58. The molecule has 0 unspecified atom stereocenters. The van der Waals surface area contributed by atoms with Crippen LogP contribution < -0.4 is 0 Å². The molecule has 1 aromatic heterocycles. The standard InChI is InChI=1S/C19H15NS/c20-14-8-2-5-13-18-19(15-9-3-1-4-10-15)16-11-6-7-12-17(16)21-18/h1,3-7,9-13H,2,8H2/b13-5+. The summed E-state index contributed by atoms with van der Waals surface area (Å²) < 4.78 is 1.30. The number of nitriles is 1. The molecule has 0 bridgehead atoms. The van der Waals surface area contributed by atoms with Crippen molar-refractivity contribution in [3.63, 3.8) is 0 Å². The van der Waals surface area contributed by atoms with Crippen molar-refractivity contribution < 1.29 is 0 Å². The third-order valence-corrected chi connectivity index (χ3v) is 4.51. The van der Waals surface area contributed by atoms with Crippen LogP contribution in [0, 0.1) is 11.3 Å². The van der Waals surface area contributed by atoms with Crippen molar-refractivity contribution in [3.8, 4) is 17.2 Å². The molecule has 0 atom stereocenters. The van der Waals surface area contributed by atoms with E-state index in [-0.39, 0.29) is 0 Å². The zero-order valence-corrected chi connectivity index (χ0v) is 12.4. The summed E-state index contributed by atoms with van der Waals surface area (Å²) in [7, 11) is 0. The van der Waals surface area contributed by atoms with Crippen LogP contribution in [0.15, 0.2) is 60.7 Å². The highest BCUT2D eigenvalue weighted by atomic mass is 32.1. The van der Waals surface area contributed by atoms with E-state index in [0.29, 0.717) is 6.42 Å². The molecule has 1 nitrogen and oxygen atoms in total. The maximum Gasteiger partial charge on any atom is 0.0625 e. The van der Waals surface area contributed by atoms with Crippen LogP contribution in [0.5, 0.6) is 0 Å². The zero-order chi connectivity index (χ0) is 14.5. The van der Waals surface area contributed by atoms with Crippen LogP contribution >= 0.6 is 11.3 Å². The van der Waals surface area contributed by atoms with Gasteiger partial charge in [-0.3, -0.25) is 0 Å². The summed E-state index contributed by atoms with van der Waals surface area (Å²) in [5.74, 6) is 0. The Hall–Kier alpha value is -2.37. The number of benzene rings is 2. The number of hydrogen-bond donors (Lipinski definition) is 0. The summed E-state index contributed by atoms with van der Waals surface area (Å²) in [5, 5.41) is 9.93. The normalized spacial score (nSPS) is 11.0. The van der Waals surface area contributed by atoms with Crippen molar-refractivity contribution in [1.82, 2.24) is 0 Å². The summed E-state index contributed by atoms with van der Waals surface area (Å²) in [6.07, 6.45) is 5.63. The molecule has 0 aliphatic heterocycles. The van der Waals surface area contributed by atoms with Crippen molar-refractivity contribution in [2.24, 2.45) is 0 Å². The van der Waals surface area contributed by atoms with Crippen LogP contribution in [0.4, 0.5) is 0 Å². The van der Waals surface area contributed by atoms with Gasteiger partial charge in [-0.1, -0.05) is 54.6 Å². The highest BCUT2D eigenvalue weighted by Gasteiger charge is 2.11. The van der Waals surface area contributed by atoms with Gasteiger partial charge in [0.25, 0.3) is 0 Å². The van der Waals surface area contributed by atoms with Crippen LogP contribution in [-0.4, -0.2) is 0 Å². The lowest BCUT2D eigenvalue weighted by Crippen LogP contribution is -1.77. The van der Waals surface area contributed by atoms with Crippen LogP contribution in [0.25, 0.3) is 27.3 Å². The predicted molar refractivity (Wildman–Crippen MR) is 91.1 cm³/mol. The smallest absolute Gasteiger partial charge is 0.0625 e. The van der Waals surface area contributed by atoms with E-state index in [9.17, 15) is 0 Å². The Morgan fingerprint density at radius 1 is 1.00 bits per heavy atom. The predicted octanol–water partition coefficient (Wildman–Crippen LogP) is 5.89. The van der Waals surface area contributed by atoms with Crippen LogP contribution in [0.2, 0.25) is 0 Å². The second kappa shape index (κ2) is 6.39. The van der Waals surface area contributed by atoms with Gasteiger partial charge in [0, 0.05) is 26.9 Å². The first-order valence-electron chi connectivity index (χ1n) is 7.00. The van der Waals surface area contributed by atoms with Gasteiger partial charge < -0.3 is 0 Å². The minimum Gasteiger partial charge on any atom is -0.198 e. The number of unbranched alkanes of at least 4 members (excludes halogenated alkanes) is 1. The van der Waals surface area contributed by atoms with Gasteiger partial charge in [-0.15, -0.1) is 11.3 Å². The van der Waals surface area contributed by atoms with Crippen molar-refractivity contribution in [1.29, 1.82) is 5.26 Å². The molecule has 0 N–H and O–H groups in total. The molecule has 0 aliphatic rings. The van der Waals surface area contributed by atoms with Gasteiger partial charge in [-0.25, -0.2) is 0 Å². The highest BCUT2D eigenvalue weighted by Crippen LogP contribution is 2.39. The molecule has 2 heteroatoms. The minimum atomic E-state index is 0.571. The lowest BCUT2D eigenvalue weighted by Gasteiger charge is -2.02. The fourth-order valence-electron chi connectivity index (χ4n) is 2.42. The molecular formula is C19H15NS. The molecule has 0 spiro atoms. The van der Waals surface area contributed by atoms with Gasteiger partial charge in [-0.2, -0.15) is 5.26 Å². The average molecular weight is 289 g/mol. The Morgan fingerprint density at radius 3 is 2.57 bits per heavy atom. The summed E-state index contributed by atoms with van der Waals surface area (Å²) in [5.41, 5.74) is 2.54. The van der Waals surface area contributed by atoms with Gasteiger partial charge >= 0.3 is 0 Å². The van der Waals surface area contributed by atoms with Gasteiger partial charge in [0.1, 0.15) is 0 Å². The molecular weight excluding hydrogens is 274 g/mol. The van der Waals surface area contributed by atoms with Crippen molar-refractivity contribution in [3.05, 3.63) is 65.6 Å². The Kier molecular flexibility index (Phi) is 4.14. The fraction of sp³-hybridized carbons (Fsp3) is 0.105. The molecule has 0 aliphatic carbocycles. The molecule has 0 saturated carbocycles. The van der Waals surface area contributed by atoms with E-state index in [0.717, 1.165) is 6.42 Å². The third-order valence-electron chi connectivity index (χ3n) is 3.38. The van der Waals surface area contributed by atoms with Crippen LogP contribution in [0.3, 0.4) is 0 Å². The van der Waals surface area contributed by atoms with Gasteiger partial charge in [-0.05, 0) is 24.1 Å². The van der Waals surface area contributed by atoms with Gasteiger partial charge in [0.15, 0.2) is 0 Å². The van der Waals surface area contributed by atoms with E-state index in [4.69, 9.17) is 5.26 Å². The maximum atomic E-state index is 8.63. The second-order valence-corrected chi connectivity index (χ2v) is 5.89. The van der Waals surface area contributed by atoms with E-state index in [1.54, 1.807) is 0 Å². The SMILES string of the molecule is N#CCC/C=C/c1sc2ccccc2c1-c1ccccc1. The molecule has 2 aromatic carbocycles. The maximum absolute atomic E-state index is 8.63. The molecule has 0 amide bonds. The molecule has 3 aromatic rings. The van der Waals surface area contributed by atoms with Gasteiger partial charge in [0.2, 0.25) is 0 Å². The Balaban J connectivity index is 2.11. The Morgan fingerprint density at radius 2 is 1.76 bits per heavy atom. The molecule has 1 heterocycles. The van der Waals surface area contributed by atoms with E-state index >= 15 is 0 Å². The van der Waals surface area contributed by atoms with Crippen LogP contribution in [0.1, 0.15) is 17.7 Å². The summed E-state index contributed by atoms with van der Waals surface area (Å²) in [6, 6.07) is 21.2. The molecule has 102 valence electrons. The lowest BCUT2D eigenvalue weighted by molar-refractivity contribution is 1.07. The third kappa shape index (κ3) is 2.89. The largest absolute Gasteiger partial charge is 0.198 e. The lowest BCUT2D eigenvalue weighted by atomic mass is 10.0. The summed E-state index contributed by atoms with van der Waals surface area (Å²) >= 11 is 1.81. The number of nitrogens with zero attached hydrogens (tertiary/aromatic N) is 1. The number of rotatable bonds is 4. The number of hydrogen-bond acceptors (Lipinski definition) is 2. The van der Waals surface area contributed by atoms with E-state index < -0.39 is 0 Å². The average Bonchev–Trinajstić information content (AvgIpc) is 2.90. The van der Waals surface area contributed by atoms with E-state index in [1.165, 1.54) is 26.1 Å². The molecule has 0 saturated heterocycles. The number of fused-ring (bicyclic) bond motifs is 1. The van der Waals surface area contributed by atoms with Crippen molar-refractivity contribution >= 4 is 27.5 Å². The van der Waals surface area contributed by atoms with Crippen LogP contribution in [-0.2, 0) is 0 Å². The Bertz CT molecular complexity index is 806. The summed E-state index contributed by atoms with van der Waals surface area (Å²) in [6.45, 7) is 0. The van der Waals surface area contributed by atoms with Crippen molar-refractivity contribution in [2.75, 3.05) is 0 Å². The highest BCUT2D eigenvalue weighted by molar-refractivity contribution is 7.20. The molecule has 0 fully saturated rings. The number of thiophene rings is 1. The second-order valence-electron chi connectivity index (χ2n) is 4.80. The van der Waals surface area contributed by atoms with Gasteiger partial charge in [0.05, 0.1) is 6.07 Å². The van der Waals surface area contributed by atoms with E-state index in [1.807, 2.05) is 17.4 Å². The number of allylic oxidation sites excluding steroid dienone is 1. The first-order valence-corrected chi connectivity index (χ1v) is 7.82. The monoisotopic (exact) mass is 289 g/mol. The molecule has 21 heavy (non-hydrogen) atoms. The van der Waals surface area contributed by atoms with E-state index in [2.05, 4.69) is 66.8 Å². The quantitative estimate of drug-likeness (QED) is 0.550. The molecule has 3 rings (SSSR count).